The summed E-state index contributed by atoms with van der Waals surface area (Å²) in [5.41, 5.74) is 0.913. The number of methoxy groups -OCH3 is 1. The van der Waals surface area contributed by atoms with E-state index in [1.165, 1.54) is 0 Å². The van der Waals surface area contributed by atoms with Crippen LogP contribution in [-0.2, 0) is 0 Å². The third-order valence-corrected chi connectivity index (χ3v) is 4.84. The summed E-state index contributed by atoms with van der Waals surface area (Å²) >= 11 is 1.67. The van der Waals surface area contributed by atoms with Gasteiger partial charge in [-0.1, -0.05) is 17.4 Å². The maximum atomic E-state index is 11.8. The van der Waals surface area contributed by atoms with Gasteiger partial charge in [0.05, 0.1) is 11.8 Å². The largest absolute Gasteiger partial charge is 0.494 e. The molecule has 2 aromatic rings. The third-order valence-electron chi connectivity index (χ3n) is 3.76. The molecule has 0 spiro atoms. The fraction of sp³-hybridized carbons (Fsp3) is 0.467. The van der Waals surface area contributed by atoms with Crippen molar-refractivity contribution in [3.63, 3.8) is 0 Å². The Kier molecular flexibility index (Phi) is 4.33. The Morgan fingerprint density at radius 3 is 2.82 bits per heavy atom. The summed E-state index contributed by atoms with van der Waals surface area (Å²) in [6.07, 6.45) is 0. The predicted molar refractivity (Wildman–Crippen MR) is 89.0 cm³/mol. The molecular weight excluding hydrogens is 300 g/mol. The van der Waals surface area contributed by atoms with Crippen molar-refractivity contribution < 1.29 is 9.53 Å². The standard InChI is InChI=1S/C15H20N4O2S/c1-3-16-14(20)18-7-9-19(10-8-18)15-17-13-11(21-2)5-4-6-12(13)22-15/h4-6H,3,7-10H2,1-2H3,(H,16,20). The van der Waals surface area contributed by atoms with Gasteiger partial charge in [0.1, 0.15) is 11.3 Å². The number of urea groups is 1. The topological polar surface area (TPSA) is 57.7 Å². The van der Waals surface area contributed by atoms with Crippen molar-refractivity contribution in [1.82, 2.24) is 15.2 Å². The zero-order valence-electron chi connectivity index (χ0n) is 12.8. The van der Waals surface area contributed by atoms with Crippen LogP contribution in [-0.4, -0.2) is 55.7 Å². The van der Waals surface area contributed by atoms with E-state index in [-0.39, 0.29) is 6.03 Å². The number of nitrogens with zero attached hydrogens (tertiary/aromatic N) is 3. The monoisotopic (exact) mass is 320 g/mol. The van der Waals surface area contributed by atoms with E-state index in [0.717, 1.165) is 47.3 Å². The normalized spacial score (nSPS) is 15.2. The Labute approximate surface area is 133 Å². The highest BCUT2D eigenvalue weighted by Gasteiger charge is 2.23. The second kappa shape index (κ2) is 6.39. The minimum absolute atomic E-state index is 0.0214. The van der Waals surface area contributed by atoms with Crippen LogP contribution in [0.2, 0.25) is 0 Å². The molecule has 1 aliphatic heterocycles. The first-order valence-corrected chi connectivity index (χ1v) is 8.26. The maximum Gasteiger partial charge on any atom is 0.317 e. The number of rotatable bonds is 3. The molecule has 3 rings (SSSR count). The van der Waals surface area contributed by atoms with Crippen LogP contribution in [0.25, 0.3) is 10.2 Å². The van der Waals surface area contributed by atoms with Crippen molar-refractivity contribution in [2.24, 2.45) is 0 Å². The van der Waals surface area contributed by atoms with Crippen LogP contribution in [0.15, 0.2) is 18.2 Å². The summed E-state index contributed by atoms with van der Waals surface area (Å²) in [6.45, 7) is 5.65. The van der Waals surface area contributed by atoms with Gasteiger partial charge in [-0.15, -0.1) is 0 Å². The van der Waals surface area contributed by atoms with Crippen molar-refractivity contribution in [1.29, 1.82) is 0 Å². The summed E-state index contributed by atoms with van der Waals surface area (Å²) in [7, 11) is 1.67. The van der Waals surface area contributed by atoms with E-state index in [0.29, 0.717) is 6.54 Å². The van der Waals surface area contributed by atoms with Crippen LogP contribution < -0.4 is 15.0 Å². The van der Waals surface area contributed by atoms with E-state index in [1.54, 1.807) is 18.4 Å². The molecule has 0 aliphatic carbocycles. The molecule has 118 valence electrons. The minimum Gasteiger partial charge on any atom is -0.494 e. The second-order valence-corrected chi connectivity index (χ2v) is 6.12. The number of hydrogen-bond acceptors (Lipinski definition) is 5. The number of aromatic nitrogens is 1. The van der Waals surface area contributed by atoms with Crippen LogP contribution in [0.1, 0.15) is 6.92 Å². The quantitative estimate of drug-likeness (QED) is 0.941. The fourth-order valence-corrected chi connectivity index (χ4v) is 3.61. The lowest BCUT2D eigenvalue weighted by Crippen LogP contribution is -2.51. The van der Waals surface area contributed by atoms with Crippen LogP contribution in [0.5, 0.6) is 5.75 Å². The number of benzene rings is 1. The number of piperazine rings is 1. The van der Waals surface area contributed by atoms with Crippen molar-refractivity contribution >= 4 is 32.7 Å². The third kappa shape index (κ3) is 2.81. The SMILES string of the molecule is CCNC(=O)N1CCN(c2nc3c(OC)cccc3s2)CC1. The van der Waals surface area contributed by atoms with Gasteiger partial charge in [-0.3, -0.25) is 0 Å². The molecule has 6 nitrogen and oxygen atoms in total. The highest BCUT2D eigenvalue weighted by atomic mass is 32.1. The minimum atomic E-state index is 0.0214. The van der Waals surface area contributed by atoms with Gasteiger partial charge < -0.3 is 19.9 Å². The first kappa shape index (κ1) is 14.9. The maximum absolute atomic E-state index is 11.8. The van der Waals surface area contributed by atoms with Gasteiger partial charge >= 0.3 is 6.03 Å². The number of para-hydroxylation sites is 1. The van der Waals surface area contributed by atoms with E-state index < -0.39 is 0 Å². The number of nitrogens with one attached hydrogen (secondary N) is 1. The van der Waals surface area contributed by atoms with Gasteiger partial charge in [0, 0.05) is 32.7 Å². The Morgan fingerprint density at radius 2 is 2.14 bits per heavy atom. The van der Waals surface area contributed by atoms with Crippen LogP contribution in [0, 0.1) is 0 Å². The lowest BCUT2D eigenvalue weighted by molar-refractivity contribution is 0.195. The predicted octanol–water partition coefficient (Wildman–Crippen LogP) is 2.16. The number of carbonyl (C=O) groups is 1. The molecule has 0 atom stereocenters. The molecule has 0 saturated carbocycles. The summed E-state index contributed by atoms with van der Waals surface area (Å²) in [5, 5.41) is 3.84. The van der Waals surface area contributed by atoms with Gasteiger partial charge in [-0.05, 0) is 19.1 Å². The molecule has 22 heavy (non-hydrogen) atoms. The molecule has 7 heteroatoms. The van der Waals surface area contributed by atoms with E-state index in [4.69, 9.17) is 9.72 Å². The molecule has 1 aromatic heterocycles. The number of amides is 2. The van der Waals surface area contributed by atoms with Gasteiger partial charge in [-0.25, -0.2) is 9.78 Å². The molecule has 0 radical (unpaired) electrons. The molecule has 2 heterocycles. The molecule has 0 unspecified atom stereocenters. The lowest BCUT2D eigenvalue weighted by Gasteiger charge is -2.34. The number of fused-ring (bicyclic) bond motifs is 1. The highest BCUT2D eigenvalue weighted by molar-refractivity contribution is 7.22. The van der Waals surface area contributed by atoms with E-state index in [1.807, 2.05) is 24.0 Å². The smallest absolute Gasteiger partial charge is 0.317 e. The Balaban J connectivity index is 1.72. The zero-order chi connectivity index (χ0) is 15.5. The zero-order valence-corrected chi connectivity index (χ0v) is 13.7. The number of anilines is 1. The van der Waals surface area contributed by atoms with Crippen molar-refractivity contribution in [2.75, 3.05) is 44.7 Å². The highest BCUT2D eigenvalue weighted by Crippen LogP contribution is 2.34. The van der Waals surface area contributed by atoms with Crippen LogP contribution in [0.3, 0.4) is 0 Å². The van der Waals surface area contributed by atoms with Crippen molar-refractivity contribution in [2.45, 2.75) is 6.92 Å². The van der Waals surface area contributed by atoms with Crippen molar-refractivity contribution in [3.8, 4) is 5.75 Å². The molecule has 1 N–H and O–H groups in total. The fourth-order valence-electron chi connectivity index (χ4n) is 2.58. The number of ether oxygens (including phenoxy) is 1. The number of carbonyl (C=O) groups excluding carboxylic acids is 1. The molecule has 1 fully saturated rings. The number of thiazole rings is 1. The summed E-state index contributed by atoms with van der Waals surface area (Å²) in [4.78, 5) is 20.6. The number of hydrogen-bond donors (Lipinski definition) is 1. The van der Waals surface area contributed by atoms with Gasteiger partial charge in [0.15, 0.2) is 5.13 Å². The molecule has 0 bridgehead atoms. The summed E-state index contributed by atoms with van der Waals surface area (Å²) in [5.74, 6) is 0.806. The van der Waals surface area contributed by atoms with Crippen LogP contribution in [0.4, 0.5) is 9.93 Å². The van der Waals surface area contributed by atoms with Crippen LogP contribution >= 0.6 is 11.3 Å². The molecular formula is C15H20N4O2S. The van der Waals surface area contributed by atoms with E-state index >= 15 is 0 Å². The van der Waals surface area contributed by atoms with Crippen molar-refractivity contribution in [3.05, 3.63) is 18.2 Å². The average Bonchev–Trinajstić information content (AvgIpc) is 2.99. The first-order chi connectivity index (χ1) is 10.7. The molecule has 2 amide bonds. The molecule has 1 aromatic carbocycles. The molecule has 1 aliphatic rings. The molecule has 1 saturated heterocycles. The Hall–Kier alpha value is -2.02. The van der Waals surface area contributed by atoms with E-state index in [2.05, 4.69) is 16.3 Å². The average molecular weight is 320 g/mol. The van der Waals surface area contributed by atoms with Gasteiger partial charge in [0.2, 0.25) is 0 Å². The summed E-state index contributed by atoms with van der Waals surface area (Å²) in [6, 6.07) is 5.99. The van der Waals surface area contributed by atoms with E-state index in [9.17, 15) is 4.79 Å². The first-order valence-electron chi connectivity index (χ1n) is 7.44. The lowest BCUT2D eigenvalue weighted by atomic mass is 10.3. The second-order valence-electron chi connectivity index (χ2n) is 5.11. The van der Waals surface area contributed by atoms with Gasteiger partial charge in [-0.2, -0.15) is 0 Å². The Bertz CT molecular complexity index is 665. The van der Waals surface area contributed by atoms with Gasteiger partial charge in [0.25, 0.3) is 0 Å². The Morgan fingerprint density at radius 1 is 1.36 bits per heavy atom. The summed E-state index contributed by atoms with van der Waals surface area (Å²) < 4.78 is 6.49.